The van der Waals surface area contributed by atoms with Crippen LogP contribution in [0.1, 0.15) is 11.1 Å². The van der Waals surface area contributed by atoms with Crippen LogP contribution in [0.5, 0.6) is 11.5 Å². The summed E-state index contributed by atoms with van der Waals surface area (Å²) in [5, 5.41) is 12.2. The molecule has 1 amide bonds. The highest BCUT2D eigenvalue weighted by Gasteiger charge is 2.08. The van der Waals surface area contributed by atoms with Gasteiger partial charge in [-0.1, -0.05) is 24.3 Å². The highest BCUT2D eigenvalue weighted by molar-refractivity contribution is 5.91. The molecule has 0 fully saturated rings. The van der Waals surface area contributed by atoms with Gasteiger partial charge in [0.05, 0.1) is 18.1 Å². The van der Waals surface area contributed by atoms with Crippen molar-refractivity contribution in [3.05, 3.63) is 66.0 Å². The maximum absolute atomic E-state index is 12.1. The van der Waals surface area contributed by atoms with Gasteiger partial charge in [-0.15, -0.1) is 0 Å². The number of phenols is 1. The molecule has 3 rings (SSSR count). The Morgan fingerprint density at radius 3 is 2.62 bits per heavy atom. The lowest BCUT2D eigenvalue weighted by molar-refractivity contribution is -0.118. The summed E-state index contributed by atoms with van der Waals surface area (Å²) in [5.41, 5.74) is 3.22. The Hall–Kier alpha value is -3.41. The minimum Gasteiger partial charge on any atom is -0.508 e. The van der Waals surface area contributed by atoms with E-state index in [1.165, 1.54) is 12.4 Å². The molecule has 0 unspecified atom stereocenters. The SMILES string of the molecule is Cc1ccc(C)c(OCC(=O)Nc2cnc(-c3cccc(O)c3)nc2)c1. The predicted octanol–water partition coefficient (Wildman–Crippen LogP) is 3.48. The van der Waals surface area contributed by atoms with Crippen LogP contribution in [0.25, 0.3) is 11.4 Å². The molecule has 1 heterocycles. The summed E-state index contributed by atoms with van der Waals surface area (Å²) in [6, 6.07) is 12.5. The van der Waals surface area contributed by atoms with Gasteiger partial charge >= 0.3 is 0 Å². The van der Waals surface area contributed by atoms with Crippen LogP contribution < -0.4 is 10.1 Å². The molecule has 0 radical (unpaired) electrons. The van der Waals surface area contributed by atoms with Crippen molar-refractivity contribution in [3.8, 4) is 22.9 Å². The molecule has 6 nitrogen and oxygen atoms in total. The third-order valence-corrected chi connectivity index (χ3v) is 3.74. The van der Waals surface area contributed by atoms with Crippen molar-refractivity contribution in [2.24, 2.45) is 0 Å². The quantitative estimate of drug-likeness (QED) is 0.737. The Bertz CT molecular complexity index is 924. The van der Waals surface area contributed by atoms with E-state index in [0.717, 1.165) is 11.1 Å². The molecule has 132 valence electrons. The van der Waals surface area contributed by atoms with Crippen LogP contribution in [0, 0.1) is 13.8 Å². The fraction of sp³-hybridized carbons (Fsp3) is 0.150. The smallest absolute Gasteiger partial charge is 0.262 e. The minimum absolute atomic E-state index is 0.0986. The Morgan fingerprint density at radius 2 is 1.88 bits per heavy atom. The van der Waals surface area contributed by atoms with Gasteiger partial charge in [0.25, 0.3) is 5.91 Å². The van der Waals surface area contributed by atoms with Gasteiger partial charge in [0.15, 0.2) is 12.4 Å². The molecule has 0 saturated heterocycles. The van der Waals surface area contributed by atoms with Crippen molar-refractivity contribution >= 4 is 11.6 Å². The molecule has 0 aliphatic rings. The summed E-state index contributed by atoms with van der Waals surface area (Å²) >= 11 is 0. The topological polar surface area (TPSA) is 84.3 Å². The molecule has 0 spiro atoms. The highest BCUT2D eigenvalue weighted by Crippen LogP contribution is 2.21. The number of nitrogens with one attached hydrogen (secondary N) is 1. The molecule has 3 aromatic rings. The predicted molar refractivity (Wildman–Crippen MR) is 99.2 cm³/mol. The van der Waals surface area contributed by atoms with Crippen LogP contribution in [-0.4, -0.2) is 27.6 Å². The van der Waals surface area contributed by atoms with E-state index in [1.807, 2.05) is 32.0 Å². The number of anilines is 1. The Balaban J connectivity index is 1.60. The average molecular weight is 349 g/mol. The number of hydrogen-bond donors (Lipinski definition) is 2. The summed E-state index contributed by atoms with van der Waals surface area (Å²) in [6.07, 6.45) is 3.03. The second-order valence-electron chi connectivity index (χ2n) is 5.95. The zero-order valence-corrected chi connectivity index (χ0v) is 14.6. The van der Waals surface area contributed by atoms with Gasteiger partial charge in [0, 0.05) is 5.56 Å². The number of carbonyl (C=O) groups excluding carboxylic acids is 1. The van der Waals surface area contributed by atoms with Gasteiger partial charge in [-0.2, -0.15) is 0 Å². The summed E-state index contributed by atoms with van der Waals surface area (Å²) in [6.45, 7) is 3.80. The van der Waals surface area contributed by atoms with Crippen molar-refractivity contribution < 1.29 is 14.6 Å². The first-order valence-electron chi connectivity index (χ1n) is 8.12. The molecular formula is C20H19N3O3. The number of aryl methyl sites for hydroxylation is 2. The van der Waals surface area contributed by atoms with Crippen molar-refractivity contribution in [2.45, 2.75) is 13.8 Å². The fourth-order valence-electron chi connectivity index (χ4n) is 2.39. The van der Waals surface area contributed by atoms with Crippen LogP contribution in [0.2, 0.25) is 0 Å². The van der Waals surface area contributed by atoms with Gasteiger partial charge in [0.2, 0.25) is 0 Å². The van der Waals surface area contributed by atoms with E-state index in [0.29, 0.717) is 22.8 Å². The number of amides is 1. The molecule has 0 aliphatic heterocycles. The zero-order valence-electron chi connectivity index (χ0n) is 14.6. The largest absolute Gasteiger partial charge is 0.508 e. The number of carbonyl (C=O) groups is 1. The summed E-state index contributed by atoms with van der Waals surface area (Å²) in [7, 11) is 0. The zero-order chi connectivity index (χ0) is 18.5. The third-order valence-electron chi connectivity index (χ3n) is 3.74. The molecule has 0 saturated carbocycles. The van der Waals surface area contributed by atoms with Crippen LogP contribution >= 0.6 is 0 Å². The maximum Gasteiger partial charge on any atom is 0.262 e. The van der Waals surface area contributed by atoms with E-state index in [-0.39, 0.29) is 18.3 Å². The molecule has 0 aliphatic carbocycles. The molecule has 26 heavy (non-hydrogen) atoms. The van der Waals surface area contributed by atoms with Gasteiger partial charge in [-0.3, -0.25) is 4.79 Å². The van der Waals surface area contributed by atoms with Gasteiger partial charge in [-0.05, 0) is 43.2 Å². The van der Waals surface area contributed by atoms with E-state index in [2.05, 4.69) is 15.3 Å². The molecule has 0 atom stereocenters. The van der Waals surface area contributed by atoms with Crippen molar-refractivity contribution in [1.82, 2.24) is 9.97 Å². The number of aromatic nitrogens is 2. The van der Waals surface area contributed by atoms with E-state index in [1.54, 1.807) is 24.3 Å². The van der Waals surface area contributed by atoms with E-state index >= 15 is 0 Å². The number of hydrogen-bond acceptors (Lipinski definition) is 5. The lowest BCUT2D eigenvalue weighted by Gasteiger charge is -2.10. The maximum atomic E-state index is 12.1. The average Bonchev–Trinajstić information content (AvgIpc) is 2.63. The molecule has 1 aromatic heterocycles. The number of phenolic OH excluding ortho intramolecular Hbond substituents is 1. The van der Waals surface area contributed by atoms with Gasteiger partial charge < -0.3 is 15.2 Å². The van der Waals surface area contributed by atoms with Gasteiger partial charge in [0.1, 0.15) is 11.5 Å². The van der Waals surface area contributed by atoms with E-state index in [9.17, 15) is 9.90 Å². The highest BCUT2D eigenvalue weighted by atomic mass is 16.5. The molecule has 6 heteroatoms. The molecular weight excluding hydrogens is 330 g/mol. The lowest BCUT2D eigenvalue weighted by atomic mass is 10.1. The standard InChI is InChI=1S/C20H19N3O3/c1-13-6-7-14(2)18(8-13)26-12-19(25)23-16-10-21-20(22-11-16)15-4-3-5-17(24)9-15/h3-11,24H,12H2,1-2H3,(H,23,25). The molecule has 2 aromatic carbocycles. The van der Waals surface area contributed by atoms with Crippen LogP contribution in [0.15, 0.2) is 54.9 Å². The number of benzene rings is 2. The van der Waals surface area contributed by atoms with Crippen molar-refractivity contribution in [3.63, 3.8) is 0 Å². The first-order chi connectivity index (χ1) is 12.5. The lowest BCUT2D eigenvalue weighted by Crippen LogP contribution is -2.20. The number of ether oxygens (including phenoxy) is 1. The van der Waals surface area contributed by atoms with Crippen LogP contribution in [0.3, 0.4) is 0 Å². The second kappa shape index (κ2) is 7.65. The molecule has 0 bridgehead atoms. The number of aromatic hydroxyl groups is 1. The second-order valence-corrected chi connectivity index (χ2v) is 5.95. The molecule has 2 N–H and O–H groups in total. The summed E-state index contributed by atoms with van der Waals surface area (Å²) in [5.74, 6) is 1.01. The fourth-order valence-corrected chi connectivity index (χ4v) is 2.39. The normalized spacial score (nSPS) is 10.4. The first-order valence-corrected chi connectivity index (χ1v) is 8.12. The van der Waals surface area contributed by atoms with Crippen molar-refractivity contribution in [2.75, 3.05) is 11.9 Å². The number of rotatable bonds is 5. The van der Waals surface area contributed by atoms with Crippen molar-refractivity contribution in [1.29, 1.82) is 0 Å². The Kier molecular flexibility index (Phi) is 5.12. The Morgan fingerprint density at radius 1 is 1.12 bits per heavy atom. The number of nitrogens with zero attached hydrogens (tertiary/aromatic N) is 2. The monoisotopic (exact) mass is 349 g/mol. The van der Waals surface area contributed by atoms with E-state index < -0.39 is 0 Å². The van der Waals surface area contributed by atoms with E-state index in [4.69, 9.17) is 4.74 Å². The third kappa shape index (κ3) is 4.36. The van der Waals surface area contributed by atoms with Gasteiger partial charge in [-0.25, -0.2) is 9.97 Å². The van der Waals surface area contributed by atoms with Crippen LogP contribution in [-0.2, 0) is 4.79 Å². The summed E-state index contributed by atoms with van der Waals surface area (Å²) in [4.78, 5) is 20.5. The van der Waals surface area contributed by atoms with Crippen LogP contribution in [0.4, 0.5) is 5.69 Å². The summed E-state index contributed by atoms with van der Waals surface area (Å²) < 4.78 is 5.58. The Labute approximate surface area is 151 Å². The minimum atomic E-state index is -0.292. The first kappa shape index (κ1) is 17.4.